The minimum Gasteiger partial charge on any atom is -0.497 e. The van der Waals surface area contributed by atoms with E-state index < -0.39 is 10.0 Å². The number of piperidine rings is 1. The summed E-state index contributed by atoms with van der Waals surface area (Å²) in [5.41, 5.74) is 0.204. The molecule has 9 nitrogen and oxygen atoms in total. The molecule has 1 aliphatic rings. The molecule has 2 aromatic carbocycles. The predicted octanol–water partition coefficient (Wildman–Crippen LogP) is 3.17. The van der Waals surface area contributed by atoms with Gasteiger partial charge >= 0.3 is 0 Å². The summed E-state index contributed by atoms with van der Waals surface area (Å²) in [6.45, 7) is 2.90. The number of hydrogen-bond acceptors (Lipinski definition) is 7. The molecular weight excluding hydrogens is 460 g/mol. The Morgan fingerprint density at radius 2 is 1.65 bits per heavy atom. The maximum absolute atomic E-state index is 13.9. The van der Waals surface area contributed by atoms with Gasteiger partial charge in [-0.15, -0.1) is 0 Å². The van der Waals surface area contributed by atoms with Gasteiger partial charge in [0.2, 0.25) is 5.91 Å². The highest BCUT2D eigenvalue weighted by Crippen LogP contribution is 2.37. The second-order valence-corrected chi connectivity index (χ2v) is 10.0. The van der Waals surface area contributed by atoms with E-state index in [0.29, 0.717) is 36.3 Å². The Morgan fingerprint density at radius 3 is 2.26 bits per heavy atom. The zero-order valence-electron chi connectivity index (χ0n) is 20.2. The number of benzene rings is 2. The summed E-state index contributed by atoms with van der Waals surface area (Å²) in [7, 11) is 1.63. The van der Waals surface area contributed by atoms with Gasteiger partial charge < -0.3 is 23.8 Å². The molecule has 2 aromatic rings. The lowest BCUT2D eigenvalue weighted by atomic mass is 10.0. The molecule has 1 aliphatic heterocycles. The van der Waals surface area contributed by atoms with Gasteiger partial charge in [-0.3, -0.25) is 9.10 Å². The van der Waals surface area contributed by atoms with Crippen LogP contribution in [0.1, 0.15) is 19.8 Å². The highest BCUT2D eigenvalue weighted by atomic mass is 32.2. The molecule has 1 atom stereocenters. The fourth-order valence-electron chi connectivity index (χ4n) is 4.03. The number of carbonyl (C=O) groups excluding carboxylic acids is 1. The molecule has 1 amide bonds. The van der Waals surface area contributed by atoms with E-state index in [1.165, 1.54) is 46.6 Å². The average Bonchev–Trinajstić information content (AvgIpc) is 2.86. The maximum Gasteiger partial charge on any atom is 0.265 e. The number of likely N-dealkylation sites (tertiary alicyclic amines) is 1. The lowest BCUT2D eigenvalue weighted by Gasteiger charge is -2.33. The van der Waals surface area contributed by atoms with Gasteiger partial charge in [-0.25, -0.2) is 8.42 Å². The number of nitrogens with zero attached hydrogens (tertiary/aromatic N) is 2. The van der Waals surface area contributed by atoms with E-state index in [-0.39, 0.29) is 28.8 Å². The standard InChI is InChI=1S/C24H32N2O7S/c1-17-7-6-12-25(15-17)24(27)16-26(20-13-18(30-2)8-10-21(20)31-3)34(28,29)19-9-11-22(32-4)23(14-19)33-5/h8-11,13-14,17H,6-7,12,15-16H2,1-5H3. The SMILES string of the molecule is COc1ccc(OC)c(N(CC(=O)N2CCCC(C)C2)S(=O)(=O)c2ccc(OC)c(OC)c2)c1. The van der Waals surface area contributed by atoms with Crippen molar-refractivity contribution in [1.82, 2.24) is 4.90 Å². The first-order valence-electron chi connectivity index (χ1n) is 11.0. The fraction of sp³-hybridized carbons (Fsp3) is 0.458. The van der Waals surface area contributed by atoms with Crippen molar-refractivity contribution >= 4 is 21.6 Å². The number of sulfonamides is 1. The van der Waals surface area contributed by atoms with Crippen LogP contribution in [0.3, 0.4) is 0 Å². The molecule has 3 rings (SSSR count). The van der Waals surface area contributed by atoms with Gasteiger partial charge in [-0.05, 0) is 43.0 Å². The topological polar surface area (TPSA) is 94.6 Å². The summed E-state index contributed by atoms with van der Waals surface area (Å²) in [6, 6.07) is 9.13. The van der Waals surface area contributed by atoms with Crippen LogP contribution in [0.4, 0.5) is 5.69 Å². The van der Waals surface area contributed by atoms with E-state index >= 15 is 0 Å². The van der Waals surface area contributed by atoms with Gasteiger partial charge in [0.25, 0.3) is 10.0 Å². The first kappa shape index (κ1) is 25.5. The van der Waals surface area contributed by atoms with Crippen LogP contribution in [0.25, 0.3) is 0 Å². The number of hydrogen-bond donors (Lipinski definition) is 0. The molecular formula is C24H32N2O7S. The van der Waals surface area contributed by atoms with E-state index in [1.807, 2.05) is 0 Å². The van der Waals surface area contributed by atoms with E-state index in [2.05, 4.69) is 6.92 Å². The molecule has 0 radical (unpaired) electrons. The van der Waals surface area contributed by atoms with Crippen molar-refractivity contribution < 1.29 is 32.2 Å². The number of ether oxygens (including phenoxy) is 4. The third kappa shape index (κ3) is 5.32. The van der Waals surface area contributed by atoms with Gasteiger partial charge in [-0.2, -0.15) is 0 Å². The lowest BCUT2D eigenvalue weighted by molar-refractivity contribution is -0.131. The van der Waals surface area contributed by atoms with Crippen LogP contribution >= 0.6 is 0 Å². The summed E-state index contributed by atoms with van der Waals surface area (Å²) in [4.78, 5) is 15.0. The van der Waals surface area contributed by atoms with Crippen molar-refractivity contribution in [3.63, 3.8) is 0 Å². The van der Waals surface area contributed by atoms with Crippen LogP contribution in [0.15, 0.2) is 41.3 Å². The van der Waals surface area contributed by atoms with Crippen molar-refractivity contribution in [2.45, 2.75) is 24.7 Å². The second kappa shape index (κ2) is 10.9. The van der Waals surface area contributed by atoms with Gasteiger partial charge in [0.15, 0.2) is 11.5 Å². The average molecular weight is 493 g/mol. The Labute approximate surface area is 201 Å². The molecule has 0 aromatic heterocycles. The molecule has 1 unspecified atom stereocenters. The first-order valence-corrected chi connectivity index (χ1v) is 12.4. The van der Waals surface area contributed by atoms with E-state index in [4.69, 9.17) is 18.9 Å². The fourth-order valence-corrected chi connectivity index (χ4v) is 5.47. The molecule has 186 valence electrons. The van der Waals surface area contributed by atoms with Crippen LogP contribution in [-0.2, 0) is 14.8 Å². The molecule has 0 bridgehead atoms. The number of rotatable bonds is 9. The van der Waals surface area contributed by atoms with Crippen molar-refractivity contribution in [2.75, 3.05) is 52.4 Å². The lowest BCUT2D eigenvalue weighted by Crippen LogP contribution is -2.46. The summed E-state index contributed by atoms with van der Waals surface area (Å²) >= 11 is 0. The highest BCUT2D eigenvalue weighted by Gasteiger charge is 2.33. The van der Waals surface area contributed by atoms with Crippen LogP contribution in [0.2, 0.25) is 0 Å². The quantitative estimate of drug-likeness (QED) is 0.531. The smallest absolute Gasteiger partial charge is 0.265 e. The molecule has 0 spiro atoms. The number of amides is 1. The van der Waals surface area contributed by atoms with E-state index in [9.17, 15) is 13.2 Å². The third-order valence-electron chi connectivity index (χ3n) is 5.89. The molecule has 1 saturated heterocycles. The van der Waals surface area contributed by atoms with Gasteiger partial charge in [-0.1, -0.05) is 6.92 Å². The van der Waals surface area contributed by atoms with Crippen LogP contribution in [0, 0.1) is 5.92 Å². The Hall–Kier alpha value is -3.14. The van der Waals surface area contributed by atoms with Crippen molar-refractivity contribution in [1.29, 1.82) is 0 Å². The summed E-state index contributed by atoms with van der Waals surface area (Å²) in [5, 5.41) is 0. The molecule has 0 aliphatic carbocycles. The monoisotopic (exact) mass is 492 g/mol. The van der Waals surface area contributed by atoms with E-state index in [1.54, 1.807) is 23.1 Å². The molecule has 10 heteroatoms. The van der Waals surface area contributed by atoms with Gasteiger partial charge in [0, 0.05) is 25.2 Å². The summed E-state index contributed by atoms with van der Waals surface area (Å²) in [6.07, 6.45) is 1.93. The normalized spacial score (nSPS) is 16.0. The van der Waals surface area contributed by atoms with Crippen LogP contribution in [0.5, 0.6) is 23.0 Å². The van der Waals surface area contributed by atoms with Crippen LogP contribution in [-0.4, -0.2) is 67.3 Å². The Bertz CT molecular complexity index is 1120. The maximum atomic E-state index is 13.9. The Kier molecular flexibility index (Phi) is 8.14. The zero-order valence-corrected chi connectivity index (χ0v) is 21.1. The molecule has 1 fully saturated rings. The minimum absolute atomic E-state index is 0.0464. The number of carbonyl (C=O) groups is 1. The minimum atomic E-state index is -4.20. The first-order chi connectivity index (χ1) is 16.2. The van der Waals surface area contributed by atoms with Crippen molar-refractivity contribution in [2.24, 2.45) is 5.92 Å². The van der Waals surface area contributed by atoms with Gasteiger partial charge in [0.05, 0.1) is 39.0 Å². The summed E-state index contributed by atoms with van der Waals surface area (Å²) < 4.78 is 50.2. The zero-order chi connectivity index (χ0) is 24.9. The van der Waals surface area contributed by atoms with Crippen molar-refractivity contribution in [3.05, 3.63) is 36.4 Å². The molecule has 34 heavy (non-hydrogen) atoms. The molecule has 1 heterocycles. The third-order valence-corrected chi connectivity index (χ3v) is 7.64. The van der Waals surface area contributed by atoms with Crippen molar-refractivity contribution in [3.8, 4) is 23.0 Å². The largest absolute Gasteiger partial charge is 0.497 e. The molecule has 0 N–H and O–H groups in total. The van der Waals surface area contributed by atoms with Gasteiger partial charge in [0.1, 0.15) is 18.0 Å². The second-order valence-electron chi connectivity index (χ2n) is 8.15. The predicted molar refractivity (Wildman–Crippen MR) is 129 cm³/mol. The van der Waals surface area contributed by atoms with Crippen LogP contribution < -0.4 is 23.3 Å². The summed E-state index contributed by atoms with van der Waals surface area (Å²) in [5.74, 6) is 1.47. The number of methoxy groups -OCH3 is 4. The Balaban J connectivity index is 2.10. The molecule has 0 saturated carbocycles. The Morgan fingerprint density at radius 1 is 0.971 bits per heavy atom. The van der Waals surface area contributed by atoms with E-state index in [0.717, 1.165) is 17.1 Å². The number of anilines is 1. The highest BCUT2D eigenvalue weighted by molar-refractivity contribution is 7.92.